The molecule has 0 unspecified atom stereocenters. The van der Waals surface area contributed by atoms with Crippen molar-refractivity contribution in [2.45, 2.75) is 18.9 Å². The number of carbonyl (C=O) groups excluding carboxylic acids is 1. The van der Waals surface area contributed by atoms with Crippen LogP contribution in [0.15, 0.2) is 0 Å². The molecule has 2 fully saturated rings. The van der Waals surface area contributed by atoms with Crippen LogP contribution in [0.2, 0.25) is 0 Å². The summed E-state index contributed by atoms with van der Waals surface area (Å²) in [7, 11) is 0. The fourth-order valence-corrected chi connectivity index (χ4v) is 1.21. The lowest BCUT2D eigenvalue weighted by Gasteiger charge is -2.30. The monoisotopic (exact) mass is 113 g/mol. The van der Waals surface area contributed by atoms with Gasteiger partial charge in [-0.15, -0.1) is 5.06 Å². The van der Waals surface area contributed by atoms with Crippen molar-refractivity contribution in [1.82, 2.24) is 5.06 Å². The summed E-state index contributed by atoms with van der Waals surface area (Å²) in [5.74, 6) is -0.0394. The second kappa shape index (κ2) is 1.23. The van der Waals surface area contributed by atoms with E-state index in [1.165, 1.54) is 0 Å². The van der Waals surface area contributed by atoms with Gasteiger partial charge >= 0.3 is 5.97 Å². The summed E-state index contributed by atoms with van der Waals surface area (Å²) in [5.41, 5.74) is 0. The van der Waals surface area contributed by atoms with Crippen LogP contribution in [-0.2, 0) is 9.63 Å². The Kier molecular flexibility index (Phi) is 0.663. The summed E-state index contributed by atoms with van der Waals surface area (Å²) in [6.07, 6.45) is 2.11. The number of rotatable bonds is 0. The van der Waals surface area contributed by atoms with Crippen LogP contribution >= 0.6 is 0 Å². The van der Waals surface area contributed by atoms with Crippen LogP contribution in [0.5, 0.6) is 0 Å². The van der Waals surface area contributed by atoms with Crippen LogP contribution in [0.25, 0.3) is 0 Å². The smallest absolute Gasteiger partial charge is 0.345 e. The molecule has 3 heteroatoms. The molecule has 8 heavy (non-hydrogen) atoms. The Morgan fingerprint density at radius 1 is 1.75 bits per heavy atom. The van der Waals surface area contributed by atoms with Gasteiger partial charge in [-0.3, -0.25) is 0 Å². The van der Waals surface area contributed by atoms with Crippen LogP contribution in [0.3, 0.4) is 0 Å². The average Bonchev–Trinajstić information content (AvgIpc) is 2.09. The van der Waals surface area contributed by atoms with Crippen LogP contribution in [0, 0.1) is 0 Å². The average molecular weight is 113 g/mol. The maximum absolute atomic E-state index is 10.4. The van der Waals surface area contributed by atoms with E-state index in [1.54, 1.807) is 5.06 Å². The molecule has 44 valence electrons. The van der Waals surface area contributed by atoms with Crippen molar-refractivity contribution in [2.24, 2.45) is 0 Å². The first-order valence-corrected chi connectivity index (χ1v) is 2.86. The molecule has 2 heterocycles. The summed E-state index contributed by atoms with van der Waals surface area (Å²) in [6.45, 7) is 0.941. The first-order valence-electron chi connectivity index (χ1n) is 2.86. The van der Waals surface area contributed by atoms with E-state index >= 15 is 0 Å². The van der Waals surface area contributed by atoms with Crippen molar-refractivity contribution in [3.8, 4) is 0 Å². The molecule has 0 amide bonds. The summed E-state index contributed by atoms with van der Waals surface area (Å²) in [4.78, 5) is 15.1. The highest BCUT2D eigenvalue weighted by Gasteiger charge is 2.43. The molecule has 2 aliphatic heterocycles. The summed E-state index contributed by atoms with van der Waals surface area (Å²) >= 11 is 0. The van der Waals surface area contributed by atoms with E-state index in [0.717, 1.165) is 19.4 Å². The van der Waals surface area contributed by atoms with E-state index < -0.39 is 0 Å². The molecular weight excluding hydrogens is 106 g/mol. The maximum Gasteiger partial charge on any atom is 0.345 e. The third-order valence-electron chi connectivity index (χ3n) is 1.68. The van der Waals surface area contributed by atoms with Gasteiger partial charge in [-0.2, -0.15) is 0 Å². The normalized spacial score (nSPS) is 36.0. The van der Waals surface area contributed by atoms with Gasteiger partial charge in [0.25, 0.3) is 0 Å². The highest BCUT2D eigenvalue weighted by Crippen LogP contribution is 2.26. The number of hydrogen-bond donors (Lipinski definition) is 0. The van der Waals surface area contributed by atoms with Crippen molar-refractivity contribution in [3.05, 3.63) is 0 Å². The molecular formula is C5H7NO2. The lowest BCUT2D eigenvalue weighted by atomic mass is 10.2. The molecule has 0 aromatic heterocycles. The lowest BCUT2D eigenvalue weighted by Crippen LogP contribution is -2.50. The molecule has 0 aromatic rings. The van der Waals surface area contributed by atoms with E-state index in [9.17, 15) is 4.79 Å². The Balaban J connectivity index is 2.11. The largest absolute Gasteiger partial charge is 0.365 e. The van der Waals surface area contributed by atoms with Gasteiger partial charge in [-0.25, -0.2) is 4.79 Å². The quantitative estimate of drug-likeness (QED) is 0.440. The zero-order valence-corrected chi connectivity index (χ0v) is 4.46. The molecule has 0 aliphatic carbocycles. The van der Waals surface area contributed by atoms with E-state index in [2.05, 4.69) is 4.84 Å². The fraction of sp³-hybridized carbons (Fsp3) is 0.800. The minimum absolute atomic E-state index is 0.0394. The molecule has 2 saturated heterocycles. The molecule has 0 N–H and O–H groups in total. The third kappa shape index (κ3) is 0.351. The molecule has 2 aliphatic rings. The predicted octanol–water partition coefficient (Wildman–Crippen LogP) is -0.0774. The van der Waals surface area contributed by atoms with Crippen LogP contribution in [0.4, 0.5) is 0 Å². The molecule has 0 aromatic carbocycles. The van der Waals surface area contributed by atoms with Crippen molar-refractivity contribution in [3.63, 3.8) is 0 Å². The zero-order chi connectivity index (χ0) is 5.56. The predicted molar refractivity (Wildman–Crippen MR) is 25.8 cm³/mol. The molecule has 0 saturated carbocycles. The second-order valence-corrected chi connectivity index (χ2v) is 2.21. The Hall–Kier alpha value is -0.570. The number of hydrogen-bond acceptors (Lipinski definition) is 3. The Bertz CT molecular complexity index is 134. The minimum Gasteiger partial charge on any atom is -0.365 e. The van der Waals surface area contributed by atoms with Crippen molar-refractivity contribution in [1.29, 1.82) is 0 Å². The van der Waals surface area contributed by atoms with E-state index in [4.69, 9.17) is 0 Å². The first kappa shape index (κ1) is 4.32. The van der Waals surface area contributed by atoms with Gasteiger partial charge < -0.3 is 4.84 Å². The minimum atomic E-state index is -0.0394. The van der Waals surface area contributed by atoms with E-state index in [0.29, 0.717) is 0 Å². The first-order chi connectivity index (χ1) is 3.88. The van der Waals surface area contributed by atoms with E-state index in [1.807, 2.05) is 0 Å². The number of carbonyl (C=O) groups is 1. The molecule has 3 nitrogen and oxygen atoms in total. The van der Waals surface area contributed by atoms with Crippen molar-refractivity contribution >= 4 is 5.97 Å². The third-order valence-corrected chi connectivity index (χ3v) is 1.68. The maximum atomic E-state index is 10.4. The van der Waals surface area contributed by atoms with Gasteiger partial charge in [0.1, 0.15) is 6.04 Å². The molecule has 0 bridgehead atoms. The van der Waals surface area contributed by atoms with Crippen LogP contribution in [0.1, 0.15) is 12.8 Å². The highest BCUT2D eigenvalue weighted by molar-refractivity contribution is 5.79. The van der Waals surface area contributed by atoms with Gasteiger partial charge in [0.05, 0.1) is 0 Å². The topological polar surface area (TPSA) is 29.5 Å². The molecule has 2 rings (SSSR count). The SMILES string of the molecule is O=C1ON2CCC[C@@H]12. The zero-order valence-electron chi connectivity index (χ0n) is 4.46. The fourth-order valence-electron chi connectivity index (χ4n) is 1.21. The van der Waals surface area contributed by atoms with E-state index in [-0.39, 0.29) is 12.0 Å². The van der Waals surface area contributed by atoms with Gasteiger partial charge in [0.2, 0.25) is 0 Å². The number of nitrogens with zero attached hydrogens (tertiary/aromatic N) is 1. The van der Waals surface area contributed by atoms with Crippen molar-refractivity contribution in [2.75, 3.05) is 6.54 Å². The standard InChI is InChI=1S/C5H7NO2/c7-5-4-2-1-3-6(4)8-5/h4H,1-3H2/t4-/m0/s1. The molecule has 0 radical (unpaired) electrons. The number of fused-ring (bicyclic) bond motifs is 1. The number of hydroxylamine groups is 2. The summed E-state index contributed by atoms with van der Waals surface area (Å²) < 4.78 is 0. The Morgan fingerprint density at radius 3 is 3.12 bits per heavy atom. The lowest BCUT2D eigenvalue weighted by molar-refractivity contribution is -0.246. The molecule has 1 atom stereocenters. The van der Waals surface area contributed by atoms with Gasteiger partial charge in [0, 0.05) is 6.54 Å². The van der Waals surface area contributed by atoms with Crippen LogP contribution < -0.4 is 0 Å². The van der Waals surface area contributed by atoms with Gasteiger partial charge in [0.15, 0.2) is 0 Å². The Labute approximate surface area is 47.2 Å². The molecule has 0 spiro atoms. The van der Waals surface area contributed by atoms with Crippen molar-refractivity contribution < 1.29 is 9.63 Å². The van der Waals surface area contributed by atoms with Crippen LogP contribution in [-0.4, -0.2) is 23.6 Å². The summed E-state index contributed by atoms with van der Waals surface area (Å²) in [6, 6.07) is 0.134. The van der Waals surface area contributed by atoms with Gasteiger partial charge in [-0.05, 0) is 12.8 Å². The Morgan fingerprint density at radius 2 is 2.62 bits per heavy atom. The highest BCUT2D eigenvalue weighted by atomic mass is 16.8. The second-order valence-electron chi connectivity index (χ2n) is 2.21. The summed E-state index contributed by atoms with van der Waals surface area (Å²) in [5, 5.41) is 1.75. The van der Waals surface area contributed by atoms with Gasteiger partial charge in [-0.1, -0.05) is 0 Å².